The van der Waals surface area contributed by atoms with E-state index in [2.05, 4.69) is 5.10 Å². The third-order valence-electron chi connectivity index (χ3n) is 3.52. The van der Waals surface area contributed by atoms with Gasteiger partial charge >= 0.3 is 5.69 Å². The van der Waals surface area contributed by atoms with Crippen molar-refractivity contribution in [1.82, 2.24) is 9.78 Å². The van der Waals surface area contributed by atoms with Crippen molar-refractivity contribution in [2.75, 3.05) is 37.5 Å². The molecule has 23 heavy (non-hydrogen) atoms. The number of likely N-dealkylation sites (N-methyl/N-ethyl adjacent to an activating group) is 1. The van der Waals surface area contributed by atoms with E-state index in [4.69, 9.17) is 0 Å². The highest BCUT2D eigenvalue weighted by molar-refractivity contribution is 5.55. The molecule has 0 spiro atoms. The molecule has 124 valence electrons. The number of rotatable bonds is 7. The zero-order valence-corrected chi connectivity index (χ0v) is 13.5. The van der Waals surface area contributed by atoms with E-state index in [9.17, 15) is 15.2 Å². The van der Waals surface area contributed by atoms with Crippen LogP contribution in [0.15, 0.2) is 36.7 Å². The topological polar surface area (TPSA) is 87.7 Å². The average molecular weight is 319 g/mol. The number of aliphatic hydroxyl groups excluding tert-OH is 1. The molecule has 1 aromatic heterocycles. The number of benzene rings is 1. The van der Waals surface area contributed by atoms with Crippen LogP contribution in [-0.4, -0.2) is 53.6 Å². The van der Waals surface area contributed by atoms with E-state index in [-0.39, 0.29) is 12.2 Å². The molecule has 0 bridgehead atoms. The van der Waals surface area contributed by atoms with Gasteiger partial charge in [0.15, 0.2) is 0 Å². The fourth-order valence-electron chi connectivity index (χ4n) is 2.25. The highest BCUT2D eigenvalue weighted by Crippen LogP contribution is 2.18. The maximum absolute atomic E-state index is 10.6. The van der Waals surface area contributed by atoms with Crippen LogP contribution in [0.1, 0.15) is 0 Å². The van der Waals surface area contributed by atoms with Gasteiger partial charge in [-0.1, -0.05) is 0 Å². The predicted molar refractivity (Wildman–Crippen MR) is 88.9 cm³/mol. The fourth-order valence-corrected chi connectivity index (χ4v) is 2.25. The number of nitro groups is 1. The molecule has 1 atom stereocenters. The summed E-state index contributed by atoms with van der Waals surface area (Å²) in [5.74, 6) is 0. The summed E-state index contributed by atoms with van der Waals surface area (Å²) in [6.45, 7) is 0.600. The molecule has 1 aromatic carbocycles. The van der Waals surface area contributed by atoms with Crippen LogP contribution in [0, 0.1) is 10.1 Å². The van der Waals surface area contributed by atoms with Crippen molar-refractivity contribution in [1.29, 1.82) is 0 Å². The molecule has 0 aliphatic heterocycles. The monoisotopic (exact) mass is 319 g/mol. The summed E-state index contributed by atoms with van der Waals surface area (Å²) >= 11 is 0. The quantitative estimate of drug-likeness (QED) is 0.612. The molecule has 0 saturated heterocycles. The molecule has 0 fully saturated rings. The lowest BCUT2D eigenvalue weighted by Crippen LogP contribution is -2.32. The molecule has 2 rings (SSSR count). The first kappa shape index (κ1) is 16.8. The summed E-state index contributed by atoms with van der Waals surface area (Å²) in [7, 11) is 5.84. The van der Waals surface area contributed by atoms with Gasteiger partial charge in [-0.25, -0.2) is 0 Å². The number of nitrogens with zero attached hydrogens (tertiary/aromatic N) is 5. The Morgan fingerprint density at radius 2 is 1.87 bits per heavy atom. The first-order chi connectivity index (χ1) is 10.9. The zero-order valence-electron chi connectivity index (χ0n) is 13.5. The zero-order chi connectivity index (χ0) is 17.0. The van der Waals surface area contributed by atoms with Gasteiger partial charge in [0.05, 0.1) is 17.6 Å². The largest absolute Gasteiger partial charge is 0.389 e. The Kier molecular flexibility index (Phi) is 5.17. The summed E-state index contributed by atoms with van der Waals surface area (Å²) < 4.78 is 1.38. The van der Waals surface area contributed by atoms with Crippen molar-refractivity contribution >= 4 is 17.1 Å². The first-order valence-corrected chi connectivity index (χ1v) is 7.20. The van der Waals surface area contributed by atoms with Crippen molar-refractivity contribution in [2.24, 2.45) is 0 Å². The summed E-state index contributed by atoms with van der Waals surface area (Å²) in [6, 6.07) is 7.99. The number of anilines is 2. The molecule has 8 nitrogen and oxygen atoms in total. The van der Waals surface area contributed by atoms with Crippen LogP contribution in [0.25, 0.3) is 0 Å². The smallest absolute Gasteiger partial charge is 0.306 e. The second-order valence-electron chi connectivity index (χ2n) is 5.62. The molecule has 0 radical (unpaired) electrons. The minimum absolute atomic E-state index is 0.0789. The lowest BCUT2D eigenvalue weighted by atomic mass is 10.2. The fraction of sp³-hybridized carbons (Fsp3) is 0.400. The number of hydrogen-bond donors (Lipinski definition) is 1. The Balaban J connectivity index is 1.93. The second kappa shape index (κ2) is 7.10. The molecule has 8 heteroatoms. The molecule has 1 unspecified atom stereocenters. The minimum Gasteiger partial charge on any atom is -0.389 e. The Hall–Kier alpha value is -2.61. The van der Waals surface area contributed by atoms with Crippen LogP contribution in [0.2, 0.25) is 0 Å². The van der Waals surface area contributed by atoms with E-state index in [1.54, 1.807) is 0 Å². The van der Waals surface area contributed by atoms with Crippen molar-refractivity contribution in [3.63, 3.8) is 0 Å². The van der Waals surface area contributed by atoms with Crippen molar-refractivity contribution in [2.45, 2.75) is 12.6 Å². The Bertz CT molecular complexity index is 653. The van der Waals surface area contributed by atoms with E-state index >= 15 is 0 Å². The second-order valence-corrected chi connectivity index (χ2v) is 5.62. The molecule has 0 aliphatic carbocycles. The maximum atomic E-state index is 10.6. The van der Waals surface area contributed by atoms with Crippen LogP contribution in [0.5, 0.6) is 0 Å². The third kappa shape index (κ3) is 4.43. The van der Waals surface area contributed by atoms with Gasteiger partial charge in [-0.2, -0.15) is 5.10 Å². The van der Waals surface area contributed by atoms with Crippen molar-refractivity contribution in [3.8, 4) is 0 Å². The van der Waals surface area contributed by atoms with E-state index in [1.807, 2.05) is 55.2 Å². The van der Waals surface area contributed by atoms with Gasteiger partial charge in [0, 0.05) is 39.1 Å². The molecule has 2 aromatic rings. The van der Waals surface area contributed by atoms with Gasteiger partial charge in [0.25, 0.3) is 0 Å². The summed E-state index contributed by atoms with van der Waals surface area (Å²) in [4.78, 5) is 14.1. The maximum Gasteiger partial charge on any atom is 0.306 e. The standard InChI is InChI=1S/C15H21N5O3/c1-17(2)12-4-6-13(7-5-12)18(3)10-15(21)11-19-9-14(8-16-19)20(22)23/h4-9,15,21H,10-11H2,1-3H3. The molecule has 1 heterocycles. The first-order valence-electron chi connectivity index (χ1n) is 7.20. The highest BCUT2D eigenvalue weighted by Gasteiger charge is 2.14. The number of aliphatic hydroxyl groups is 1. The summed E-state index contributed by atoms with van der Waals surface area (Å²) in [5, 5.41) is 24.6. The summed E-state index contributed by atoms with van der Waals surface area (Å²) in [5.41, 5.74) is 2.01. The predicted octanol–water partition coefficient (Wildman–Crippen LogP) is 1.35. The molecular weight excluding hydrogens is 298 g/mol. The SMILES string of the molecule is CN(C)c1ccc(N(C)CC(O)Cn2cc([N+](=O)[O-])cn2)cc1. The number of hydrogen-bond acceptors (Lipinski definition) is 6. The van der Waals surface area contributed by atoms with Gasteiger partial charge < -0.3 is 14.9 Å². The van der Waals surface area contributed by atoms with E-state index in [1.165, 1.54) is 17.1 Å². The van der Waals surface area contributed by atoms with Crippen molar-refractivity contribution in [3.05, 3.63) is 46.8 Å². The van der Waals surface area contributed by atoms with Gasteiger partial charge in [0.1, 0.15) is 12.4 Å². The normalized spacial score (nSPS) is 12.0. The van der Waals surface area contributed by atoms with Crippen LogP contribution < -0.4 is 9.80 Å². The molecule has 1 N–H and O–H groups in total. The van der Waals surface area contributed by atoms with Gasteiger partial charge in [0.2, 0.25) is 0 Å². The van der Waals surface area contributed by atoms with Crippen LogP contribution in [0.4, 0.5) is 17.1 Å². The average Bonchev–Trinajstić information content (AvgIpc) is 2.95. The minimum atomic E-state index is -0.687. The van der Waals surface area contributed by atoms with E-state index in [0.717, 1.165) is 11.4 Å². The Morgan fingerprint density at radius 1 is 1.26 bits per heavy atom. The van der Waals surface area contributed by atoms with E-state index < -0.39 is 11.0 Å². The Labute approximate surface area is 134 Å². The van der Waals surface area contributed by atoms with E-state index in [0.29, 0.717) is 6.54 Å². The summed E-state index contributed by atoms with van der Waals surface area (Å²) in [6.07, 6.45) is 1.80. The highest BCUT2D eigenvalue weighted by atomic mass is 16.6. The molecule has 0 aliphatic rings. The van der Waals surface area contributed by atoms with Crippen LogP contribution in [0.3, 0.4) is 0 Å². The lowest BCUT2D eigenvalue weighted by molar-refractivity contribution is -0.385. The van der Waals surface area contributed by atoms with Gasteiger partial charge in [-0.05, 0) is 24.3 Å². The van der Waals surface area contributed by atoms with Crippen LogP contribution in [-0.2, 0) is 6.54 Å². The van der Waals surface area contributed by atoms with Crippen LogP contribution >= 0.6 is 0 Å². The Morgan fingerprint density at radius 3 is 2.39 bits per heavy atom. The number of aromatic nitrogens is 2. The lowest BCUT2D eigenvalue weighted by Gasteiger charge is -2.23. The molecule has 0 amide bonds. The van der Waals surface area contributed by atoms with Crippen molar-refractivity contribution < 1.29 is 10.0 Å². The van der Waals surface area contributed by atoms with Gasteiger partial charge in [-0.15, -0.1) is 0 Å². The molecular formula is C15H21N5O3. The van der Waals surface area contributed by atoms with Gasteiger partial charge in [-0.3, -0.25) is 14.8 Å². The third-order valence-corrected chi connectivity index (χ3v) is 3.52. The molecule has 0 saturated carbocycles.